The molecule has 0 spiro atoms. The Hall–Kier alpha value is -0.830. The normalized spacial score (nSPS) is 11.2. The molecule has 1 rings (SSSR count). The first-order valence-corrected chi connectivity index (χ1v) is 5.35. The minimum atomic E-state index is 0.705. The van der Waals surface area contributed by atoms with E-state index in [-0.39, 0.29) is 0 Å². The molecule has 0 saturated heterocycles. The highest BCUT2D eigenvalue weighted by atomic mass is 15.3. The first-order chi connectivity index (χ1) is 6.65. The van der Waals surface area contributed by atoms with Gasteiger partial charge in [-0.1, -0.05) is 20.8 Å². The van der Waals surface area contributed by atoms with Crippen LogP contribution < -0.4 is 5.32 Å². The molecule has 14 heavy (non-hydrogen) atoms. The largest absolute Gasteiger partial charge is 0.312 e. The Labute approximate surface area is 86.5 Å². The van der Waals surface area contributed by atoms with Crippen molar-refractivity contribution in [1.82, 2.24) is 15.1 Å². The Morgan fingerprint density at radius 1 is 1.50 bits per heavy atom. The average molecular weight is 195 g/mol. The van der Waals surface area contributed by atoms with Crippen LogP contribution in [0.15, 0.2) is 6.20 Å². The van der Waals surface area contributed by atoms with Crippen LogP contribution >= 0.6 is 0 Å². The van der Waals surface area contributed by atoms with Gasteiger partial charge >= 0.3 is 0 Å². The van der Waals surface area contributed by atoms with Gasteiger partial charge in [0.1, 0.15) is 0 Å². The molecule has 0 atom stereocenters. The van der Waals surface area contributed by atoms with Gasteiger partial charge in [-0.15, -0.1) is 0 Å². The van der Waals surface area contributed by atoms with Crippen molar-refractivity contribution >= 4 is 0 Å². The van der Waals surface area contributed by atoms with Gasteiger partial charge in [-0.25, -0.2) is 0 Å². The van der Waals surface area contributed by atoms with E-state index in [1.165, 1.54) is 11.3 Å². The molecule has 3 nitrogen and oxygen atoms in total. The second-order valence-electron chi connectivity index (χ2n) is 4.12. The van der Waals surface area contributed by atoms with Gasteiger partial charge in [0, 0.05) is 24.8 Å². The lowest BCUT2D eigenvalue weighted by molar-refractivity contribution is 0.550. The van der Waals surface area contributed by atoms with Gasteiger partial charge in [0.2, 0.25) is 0 Å². The first kappa shape index (κ1) is 11.2. The summed E-state index contributed by atoms with van der Waals surface area (Å²) >= 11 is 0. The number of aromatic nitrogens is 2. The third-order valence-corrected chi connectivity index (χ3v) is 2.35. The fourth-order valence-electron chi connectivity index (χ4n) is 1.61. The summed E-state index contributed by atoms with van der Waals surface area (Å²) in [6.45, 7) is 8.62. The highest BCUT2D eigenvalue weighted by Gasteiger charge is 2.05. The Bertz CT molecular complexity index is 276. The summed E-state index contributed by atoms with van der Waals surface area (Å²) in [5, 5.41) is 7.70. The summed E-state index contributed by atoms with van der Waals surface area (Å²) in [5.74, 6) is 0.705. The second kappa shape index (κ2) is 5.15. The van der Waals surface area contributed by atoms with Crippen LogP contribution in [0, 0.1) is 5.92 Å². The molecule has 0 bridgehead atoms. The van der Waals surface area contributed by atoms with E-state index in [1.54, 1.807) is 0 Å². The third-order valence-electron chi connectivity index (χ3n) is 2.35. The van der Waals surface area contributed by atoms with Crippen LogP contribution in [0.2, 0.25) is 0 Å². The van der Waals surface area contributed by atoms with Crippen LogP contribution in [0.1, 0.15) is 32.0 Å². The van der Waals surface area contributed by atoms with Crippen LogP contribution in [0.5, 0.6) is 0 Å². The molecule has 0 amide bonds. The van der Waals surface area contributed by atoms with Crippen LogP contribution in [-0.2, 0) is 20.0 Å². The molecule has 1 aromatic rings. The molecule has 0 aliphatic rings. The average Bonchev–Trinajstić information content (AvgIpc) is 2.46. The molecule has 1 N–H and O–H groups in total. The van der Waals surface area contributed by atoms with E-state index in [2.05, 4.69) is 31.2 Å². The molecule has 0 aliphatic carbocycles. The van der Waals surface area contributed by atoms with Gasteiger partial charge in [0.25, 0.3) is 0 Å². The Morgan fingerprint density at radius 2 is 2.21 bits per heavy atom. The molecule has 3 heteroatoms. The minimum Gasteiger partial charge on any atom is -0.312 e. The maximum atomic E-state index is 4.26. The number of aryl methyl sites for hydroxylation is 1. The fraction of sp³-hybridized carbons (Fsp3) is 0.727. The molecule has 0 unspecified atom stereocenters. The van der Waals surface area contributed by atoms with E-state index in [1.807, 2.05) is 17.9 Å². The minimum absolute atomic E-state index is 0.705. The van der Waals surface area contributed by atoms with E-state index in [4.69, 9.17) is 0 Å². The van der Waals surface area contributed by atoms with Crippen molar-refractivity contribution in [3.05, 3.63) is 17.5 Å². The van der Waals surface area contributed by atoms with E-state index in [0.29, 0.717) is 5.92 Å². The lowest BCUT2D eigenvalue weighted by Crippen LogP contribution is -2.19. The molecular formula is C11H21N3. The van der Waals surface area contributed by atoms with Crippen molar-refractivity contribution in [2.45, 2.75) is 33.7 Å². The van der Waals surface area contributed by atoms with Gasteiger partial charge in [0.15, 0.2) is 0 Å². The van der Waals surface area contributed by atoms with E-state index in [9.17, 15) is 0 Å². The van der Waals surface area contributed by atoms with Crippen LogP contribution in [-0.4, -0.2) is 16.3 Å². The lowest BCUT2D eigenvalue weighted by Gasteiger charge is -2.07. The van der Waals surface area contributed by atoms with E-state index >= 15 is 0 Å². The van der Waals surface area contributed by atoms with Gasteiger partial charge in [-0.05, 0) is 18.9 Å². The molecule has 0 aromatic carbocycles. The molecule has 1 aromatic heterocycles. The van der Waals surface area contributed by atoms with Crippen molar-refractivity contribution in [2.24, 2.45) is 13.0 Å². The SMILES string of the molecule is CCc1c(CNCC(C)C)cnn1C. The maximum Gasteiger partial charge on any atom is 0.0537 e. The zero-order chi connectivity index (χ0) is 10.6. The molecule has 0 fully saturated rings. The zero-order valence-corrected chi connectivity index (χ0v) is 9.67. The Kier molecular flexibility index (Phi) is 4.14. The highest BCUT2D eigenvalue weighted by Crippen LogP contribution is 2.07. The molecule has 0 saturated carbocycles. The summed E-state index contributed by atoms with van der Waals surface area (Å²) in [5.41, 5.74) is 2.66. The predicted octanol–water partition coefficient (Wildman–Crippen LogP) is 1.73. The highest BCUT2D eigenvalue weighted by molar-refractivity contribution is 5.17. The van der Waals surface area contributed by atoms with Crippen molar-refractivity contribution in [3.8, 4) is 0 Å². The second-order valence-corrected chi connectivity index (χ2v) is 4.12. The van der Waals surface area contributed by atoms with E-state index < -0.39 is 0 Å². The number of rotatable bonds is 5. The molecule has 1 heterocycles. The topological polar surface area (TPSA) is 29.9 Å². The van der Waals surface area contributed by atoms with Crippen molar-refractivity contribution < 1.29 is 0 Å². The predicted molar refractivity (Wildman–Crippen MR) is 59.1 cm³/mol. The Balaban J connectivity index is 2.50. The zero-order valence-electron chi connectivity index (χ0n) is 9.67. The van der Waals surface area contributed by atoms with Gasteiger partial charge < -0.3 is 5.32 Å². The smallest absolute Gasteiger partial charge is 0.0537 e. The standard InChI is InChI=1S/C11H21N3/c1-5-11-10(8-13-14(11)4)7-12-6-9(2)3/h8-9,12H,5-7H2,1-4H3. The van der Waals surface area contributed by atoms with Crippen molar-refractivity contribution in [3.63, 3.8) is 0 Å². The summed E-state index contributed by atoms with van der Waals surface area (Å²) in [6, 6.07) is 0. The number of hydrogen-bond donors (Lipinski definition) is 1. The van der Waals surface area contributed by atoms with Crippen molar-refractivity contribution in [2.75, 3.05) is 6.54 Å². The third kappa shape index (κ3) is 2.84. The van der Waals surface area contributed by atoms with Crippen molar-refractivity contribution in [1.29, 1.82) is 0 Å². The van der Waals surface area contributed by atoms with Gasteiger partial charge in [0.05, 0.1) is 6.20 Å². The van der Waals surface area contributed by atoms with Crippen LogP contribution in [0.25, 0.3) is 0 Å². The number of hydrogen-bond acceptors (Lipinski definition) is 2. The maximum absolute atomic E-state index is 4.26. The quantitative estimate of drug-likeness (QED) is 0.775. The number of nitrogens with zero attached hydrogens (tertiary/aromatic N) is 2. The summed E-state index contributed by atoms with van der Waals surface area (Å²) < 4.78 is 1.96. The Morgan fingerprint density at radius 3 is 2.79 bits per heavy atom. The monoisotopic (exact) mass is 195 g/mol. The summed E-state index contributed by atoms with van der Waals surface area (Å²) in [4.78, 5) is 0. The van der Waals surface area contributed by atoms with Crippen LogP contribution in [0.3, 0.4) is 0 Å². The summed E-state index contributed by atoms with van der Waals surface area (Å²) in [6.07, 6.45) is 3.02. The number of nitrogens with one attached hydrogen (secondary N) is 1. The first-order valence-electron chi connectivity index (χ1n) is 5.35. The van der Waals surface area contributed by atoms with Crippen LogP contribution in [0.4, 0.5) is 0 Å². The van der Waals surface area contributed by atoms with Gasteiger partial charge in [-0.2, -0.15) is 5.10 Å². The molecular weight excluding hydrogens is 174 g/mol. The fourth-order valence-corrected chi connectivity index (χ4v) is 1.61. The summed E-state index contributed by atoms with van der Waals surface area (Å²) in [7, 11) is 2.00. The lowest BCUT2D eigenvalue weighted by atomic mass is 10.2. The van der Waals surface area contributed by atoms with E-state index in [0.717, 1.165) is 19.5 Å². The van der Waals surface area contributed by atoms with Gasteiger partial charge in [-0.3, -0.25) is 4.68 Å². The molecule has 80 valence electrons. The molecule has 0 aliphatic heterocycles. The molecule has 0 radical (unpaired) electrons.